The van der Waals surface area contributed by atoms with Crippen LogP contribution in [-0.4, -0.2) is 45.9 Å². The number of carbonyl (C=O) groups excluding carboxylic acids is 1. The Hall–Kier alpha value is -1.66. The van der Waals surface area contributed by atoms with Crippen LogP contribution in [0.15, 0.2) is 24.3 Å². The van der Waals surface area contributed by atoms with E-state index in [-0.39, 0.29) is 24.0 Å². The van der Waals surface area contributed by atoms with Gasteiger partial charge in [-0.2, -0.15) is 0 Å². The number of carboxylic acid groups (broad SMARTS) is 1. The van der Waals surface area contributed by atoms with Gasteiger partial charge in [0.2, 0.25) is 5.91 Å². The monoisotopic (exact) mass is 283 g/mol. The molecule has 3 atom stereocenters. The van der Waals surface area contributed by atoms with Crippen molar-refractivity contribution >= 4 is 11.9 Å². The summed E-state index contributed by atoms with van der Waals surface area (Å²) in [4.78, 5) is 22.5. The quantitative estimate of drug-likeness (QED) is 0.643. The largest absolute Gasteiger partial charge is 0.478 e. The molecule has 0 saturated carbocycles. The number of aliphatic hydroxyl groups is 1. The van der Waals surface area contributed by atoms with Gasteiger partial charge in [0.25, 0.3) is 0 Å². The summed E-state index contributed by atoms with van der Waals surface area (Å²) < 4.78 is 5.62. The molecule has 0 spiro atoms. The third-order valence-electron chi connectivity index (χ3n) is 3.12. The topological polar surface area (TPSA) is 95.9 Å². The maximum Gasteiger partial charge on any atom is 0.331 e. The Balaban J connectivity index is 3.21. The molecule has 6 nitrogen and oxygen atoms in total. The van der Waals surface area contributed by atoms with Crippen molar-refractivity contribution < 1.29 is 24.5 Å². The van der Waals surface area contributed by atoms with E-state index in [9.17, 15) is 14.7 Å². The standard InChI is InChI=1S/C14H21NO5/c1-5-14(19)7-10(13(17)18)6-11(20-8(2)3)12(14)15-9(4)16/h5-6,8,11-12,19H,1,7H2,2-4H3,(H,15,16)(H,17,18)/t11-,12+,14-/m1/s1. The Bertz CT molecular complexity index is 443. The lowest BCUT2D eigenvalue weighted by atomic mass is 9.78. The molecule has 20 heavy (non-hydrogen) atoms. The third-order valence-corrected chi connectivity index (χ3v) is 3.12. The van der Waals surface area contributed by atoms with Crippen molar-refractivity contribution in [2.75, 3.05) is 0 Å². The van der Waals surface area contributed by atoms with Crippen LogP contribution in [-0.2, 0) is 14.3 Å². The van der Waals surface area contributed by atoms with E-state index in [0.717, 1.165) is 0 Å². The summed E-state index contributed by atoms with van der Waals surface area (Å²) in [6, 6.07) is -0.775. The normalized spacial score (nSPS) is 29.8. The number of rotatable bonds is 5. The fourth-order valence-electron chi connectivity index (χ4n) is 2.26. The minimum Gasteiger partial charge on any atom is -0.478 e. The van der Waals surface area contributed by atoms with Crippen LogP contribution < -0.4 is 5.32 Å². The molecule has 0 unspecified atom stereocenters. The Labute approximate surface area is 118 Å². The van der Waals surface area contributed by atoms with E-state index in [0.29, 0.717) is 0 Å². The Morgan fingerprint density at radius 1 is 1.60 bits per heavy atom. The molecule has 0 saturated heterocycles. The average molecular weight is 283 g/mol. The van der Waals surface area contributed by atoms with E-state index in [2.05, 4.69) is 11.9 Å². The van der Waals surface area contributed by atoms with Crippen molar-refractivity contribution in [1.82, 2.24) is 5.32 Å². The Morgan fingerprint density at radius 2 is 2.20 bits per heavy atom. The van der Waals surface area contributed by atoms with E-state index < -0.39 is 23.7 Å². The van der Waals surface area contributed by atoms with E-state index in [1.807, 2.05) is 0 Å². The van der Waals surface area contributed by atoms with Gasteiger partial charge in [0, 0.05) is 18.9 Å². The molecule has 0 aromatic carbocycles. The summed E-state index contributed by atoms with van der Waals surface area (Å²) in [5.74, 6) is -1.45. The zero-order chi connectivity index (χ0) is 15.5. The summed E-state index contributed by atoms with van der Waals surface area (Å²) in [6.45, 7) is 8.45. The smallest absolute Gasteiger partial charge is 0.331 e. The zero-order valence-electron chi connectivity index (χ0n) is 11.9. The maximum atomic E-state index is 11.3. The van der Waals surface area contributed by atoms with E-state index >= 15 is 0 Å². The van der Waals surface area contributed by atoms with Crippen molar-refractivity contribution in [3.8, 4) is 0 Å². The second kappa shape index (κ2) is 6.19. The van der Waals surface area contributed by atoms with Crippen molar-refractivity contribution in [2.45, 2.75) is 51.0 Å². The van der Waals surface area contributed by atoms with Crippen LogP contribution in [0.25, 0.3) is 0 Å². The lowest BCUT2D eigenvalue weighted by molar-refractivity contribution is -0.135. The molecule has 1 aliphatic carbocycles. The summed E-state index contributed by atoms with van der Waals surface area (Å²) in [6.07, 6.45) is 1.63. The predicted molar refractivity (Wildman–Crippen MR) is 73.1 cm³/mol. The number of hydrogen-bond acceptors (Lipinski definition) is 4. The molecule has 6 heteroatoms. The van der Waals surface area contributed by atoms with Gasteiger partial charge in [-0.15, -0.1) is 6.58 Å². The highest BCUT2D eigenvalue weighted by Gasteiger charge is 2.45. The number of hydrogen-bond donors (Lipinski definition) is 3. The molecule has 0 fully saturated rings. The molecule has 1 aliphatic rings. The minimum atomic E-state index is -1.56. The predicted octanol–water partition coefficient (Wildman–Crippen LogP) is 0.616. The van der Waals surface area contributed by atoms with Gasteiger partial charge in [-0.05, 0) is 19.9 Å². The molecule has 0 aliphatic heterocycles. The Morgan fingerprint density at radius 3 is 2.60 bits per heavy atom. The number of nitrogens with one attached hydrogen (secondary N) is 1. The average Bonchev–Trinajstić information content (AvgIpc) is 2.32. The van der Waals surface area contributed by atoms with Gasteiger partial charge in [0.15, 0.2) is 0 Å². The van der Waals surface area contributed by atoms with Crippen LogP contribution in [0.5, 0.6) is 0 Å². The van der Waals surface area contributed by atoms with Gasteiger partial charge in [0.1, 0.15) is 11.7 Å². The number of ether oxygens (including phenoxy) is 1. The molecule has 0 radical (unpaired) electrons. The second-order valence-corrected chi connectivity index (χ2v) is 5.20. The third kappa shape index (κ3) is 3.68. The highest BCUT2D eigenvalue weighted by molar-refractivity contribution is 5.87. The minimum absolute atomic E-state index is 0.0413. The molecule has 1 amide bonds. The SMILES string of the molecule is C=C[C@@]1(O)CC(C(=O)O)=C[C@@H](OC(C)C)[C@@H]1NC(C)=O. The fraction of sp³-hybridized carbons (Fsp3) is 0.571. The molecule has 0 bridgehead atoms. The molecule has 0 aromatic heterocycles. The lowest BCUT2D eigenvalue weighted by Crippen LogP contribution is -2.60. The van der Waals surface area contributed by atoms with E-state index in [4.69, 9.17) is 9.84 Å². The van der Waals surface area contributed by atoms with Gasteiger partial charge >= 0.3 is 5.97 Å². The molecule has 0 aromatic rings. The Kier molecular flexibility index (Phi) is 5.08. The number of amides is 1. The zero-order valence-corrected chi connectivity index (χ0v) is 11.9. The van der Waals surface area contributed by atoms with Crippen molar-refractivity contribution in [3.63, 3.8) is 0 Å². The van der Waals surface area contributed by atoms with E-state index in [1.54, 1.807) is 13.8 Å². The molecule has 112 valence electrons. The van der Waals surface area contributed by atoms with Gasteiger partial charge in [-0.25, -0.2) is 4.79 Å². The first-order valence-corrected chi connectivity index (χ1v) is 6.42. The molecule has 3 N–H and O–H groups in total. The van der Waals surface area contributed by atoms with Crippen molar-refractivity contribution in [1.29, 1.82) is 0 Å². The van der Waals surface area contributed by atoms with Crippen LogP contribution in [0, 0.1) is 0 Å². The second-order valence-electron chi connectivity index (χ2n) is 5.20. The van der Waals surface area contributed by atoms with Crippen LogP contribution in [0.1, 0.15) is 27.2 Å². The first-order chi connectivity index (χ1) is 9.19. The van der Waals surface area contributed by atoms with Crippen LogP contribution in [0.2, 0.25) is 0 Å². The first-order valence-electron chi connectivity index (χ1n) is 6.42. The summed E-state index contributed by atoms with van der Waals surface area (Å²) in [5.41, 5.74) is -1.52. The summed E-state index contributed by atoms with van der Waals surface area (Å²) in [7, 11) is 0. The highest BCUT2D eigenvalue weighted by atomic mass is 16.5. The van der Waals surface area contributed by atoms with Crippen molar-refractivity contribution in [3.05, 3.63) is 24.3 Å². The molecule has 1 rings (SSSR count). The van der Waals surface area contributed by atoms with Gasteiger partial charge in [-0.1, -0.05) is 6.08 Å². The first kappa shape index (κ1) is 16.4. The summed E-state index contributed by atoms with van der Waals surface area (Å²) >= 11 is 0. The molecular formula is C14H21NO5. The summed E-state index contributed by atoms with van der Waals surface area (Å²) in [5, 5.41) is 22.3. The maximum absolute atomic E-state index is 11.3. The number of carbonyl (C=O) groups is 2. The molecule has 0 heterocycles. The van der Waals surface area contributed by atoms with Crippen LogP contribution >= 0.6 is 0 Å². The van der Waals surface area contributed by atoms with E-state index in [1.165, 1.54) is 19.1 Å². The van der Waals surface area contributed by atoms with Gasteiger partial charge < -0.3 is 20.3 Å². The number of aliphatic carboxylic acids is 1. The molecular weight excluding hydrogens is 262 g/mol. The number of carboxylic acids is 1. The van der Waals surface area contributed by atoms with Crippen molar-refractivity contribution in [2.24, 2.45) is 0 Å². The van der Waals surface area contributed by atoms with Crippen LogP contribution in [0.4, 0.5) is 0 Å². The van der Waals surface area contributed by atoms with Crippen LogP contribution in [0.3, 0.4) is 0 Å². The highest BCUT2D eigenvalue weighted by Crippen LogP contribution is 2.32. The van der Waals surface area contributed by atoms with Gasteiger partial charge in [0.05, 0.1) is 12.1 Å². The van der Waals surface area contributed by atoms with Gasteiger partial charge in [-0.3, -0.25) is 4.79 Å². The lowest BCUT2D eigenvalue weighted by Gasteiger charge is -2.41. The fourth-order valence-corrected chi connectivity index (χ4v) is 2.26.